The molecule has 1 heterocycles. The first-order valence-corrected chi connectivity index (χ1v) is 8.58. The Labute approximate surface area is 134 Å². The lowest BCUT2D eigenvalue weighted by Gasteiger charge is -2.09. The maximum absolute atomic E-state index is 13.1. The fourth-order valence-electron chi connectivity index (χ4n) is 2.59. The van der Waals surface area contributed by atoms with E-state index >= 15 is 0 Å². The Morgan fingerprint density at radius 2 is 1.70 bits per heavy atom. The second-order valence-electron chi connectivity index (χ2n) is 5.45. The van der Waals surface area contributed by atoms with Gasteiger partial charge < -0.3 is 0 Å². The van der Waals surface area contributed by atoms with Gasteiger partial charge in [0.05, 0.1) is 16.8 Å². The van der Waals surface area contributed by atoms with Crippen LogP contribution < -0.4 is 5.14 Å². The van der Waals surface area contributed by atoms with E-state index in [0.717, 1.165) is 16.7 Å². The third kappa shape index (κ3) is 3.23. The van der Waals surface area contributed by atoms with Gasteiger partial charge in [0.25, 0.3) is 0 Å². The topological polar surface area (TPSA) is 73.1 Å². The van der Waals surface area contributed by atoms with Crippen LogP contribution in [0, 0.1) is 11.7 Å². The highest BCUT2D eigenvalue weighted by molar-refractivity contribution is 7.89. The van der Waals surface area contributed by atoms with Gasteiger partial charge in [-0.3, -0.25) is 4.98 Å². The van der Waals surface area contributed by atoms with Gasteiger partial charge in [-0.15, -0.1) is 0 Å². The van der Waals surface area contributed by atoms with Crippen LogP contribution in [0.2, 0.25) is 0 Å². The average molecular weight is 330 g/mol. The Bertz CT molecular complexity index is 899. The van der Waals surface area contributed by atoms with Crippen molar-refractivity contribution in [3.05, 3.63) is 71.8 Å². The number of nitrogens with two attached hydrogens (primary N) is 1. The molecule has 23 heavy (non-hydrogen) atoms. The zero-order valence-corrected chi connectivity index (χ0v) is 13.2. The largest absolute Gasteiger partial charge is 0.253 e. The number of sulfonamides is 1. The number of benzene rings is 1. The third-order valence-electron chi connectivity index (χ3n) is 3.65. The van der Waals surface area contributed by atoms with Crippen LogP contribution in [0.3, 0.4) is 0 Å². The molecule has 1 atom stereocenters. The lowest BCUT2D eigenvalue weighted by atomic mass is 9.98. The summed E-state index contributed by atoms with van der Waals surface area (Å²) in [6.45, 7) is 2.04. The predicted molar refractivity (Wildman–Crippen MR) is 87.1 cm³/mol. The van der Waals surface area contributed by atoms with Crippen molar-refractivity contribution in [1.82, 2.24) is 4.98 Å². The second kappa shape index (κ2) is 5.72. The van der Waals surface area contributed by atoms with Gasteiger partial charge >= 0.3 is 0 Å². The summed E-state index contributed by atoms with van der Waals surface area (Å²) in [6.07, 6.45) is 5.29. The number of rotatable bonds is 3. The first kappa shape index (κ1) is 15.6. The van der Waals surface area contributed by atoms with Crippen molar-refractivity contribution in [2.45, 2.75) is 11.8 Å². The van der Waals surface area contributed by atoms with Gasteiger partial charge in [-0.1, -0.05) is 31.2 Å². The van der Waals surface area contributed by atoms with Crippen LogP contribution in [0.5, 0.6) is 0 Å². The van der Waals surface area contributed by atoms with E-state index in [0.29, 0.717) is 5.69 Å². The van der Waals surface area contributed by atoms with Gasteiger partial charge in [-0.25, -0.2) is 17.9 Å². The van der Waals surface area contributed by atoms with Gasteiger partial charge in [0.1, 0.15) is 5.82 Å². The van der Waals surface area contributed by atoms with Gasteiger partial charge in [-0.2, -0.15) is 0 Å². The fourth-order valence-corrected chi connectivity index (χ4v) is 3.10. The fraction of sp³-hybridized carbons (Fsp3) is 0.118. The van der Waals surface area contributed by atoms with E-state index in [9.17, 15) is 12.8 Å². The molecule has 0 bridgehead atoms. The third-order valence-corrected chi connectivity index (χ3v) is 4.58. The summed E-state index contributed by atoms with van der Waals surface area (Å²) < 4.78 is 35.7. The average Bonchev–Trinajstić information content (AvgIpc) is 2.89. The van der Waals surface area contributed by atoms with Crippen LogP contribution in [0.15, 0.2) is 59.6 Å². The zero-order valence-electron chi connectivity index (χ0n) is 12.4. The Hall–Kier alpha value is -2.31. The summed E-state index contributed by atoms with van der Waals surface area (Å²) in [5.74, 6) is -0.173. The molecule has 4 nitrogen and oxygen atoms in total. The van der Waals surface area contributed by atoms with Crippen molar-refractivity contribution in [3.8, 4) is 0 Å². The number of hydrogen-bond donors (Lipinski definition) is 1. The molecule has 3 rings (SSSR count). The van der Waals surface area contributed by atoms with E-state index in [1.165, 1.54) is 24.4 Å². The Morgan fingerprint density at radius 3 is 2.26 bits per heavy atom. The number of hydrogen-bond acceptors (Lipinski definition) is 3. The van der Waals surface area contributed by atoms with Crippen LogP contribution in [0.1, 0.15) is 18.2 Å². The molecule has 0 saturated heterocycles. The number of aromatic nitrogens is 1. The van der Waals surface area contributed by atoms with Gasteiger partial charge in [0.15, 0.2) is 0 Å². The van der Waals surface area contributed by atoms with Crippen molar-refractivity contribution < 1.29 is 12.8 Å². The van der Waals surface area contributed by atoms with Crippen molar-refractivity contribution in [1.29, 1.82) is 0 Å². The molecule has 0 aliphatic heterocycles. The first-order chi connectivity index (χ1) is 10.8. The number of pyridine rings is 1. The maximum Gasteiger partial charge on any atom is 0.238 e. The highest BCUT2D eigenvalue weighted by atomic mass is 32.2. The lowest BCUT2D eigenvalue weighted by molar-refractivity contribution is 0.598. The van der Waals surface area contributed by atoms with E-state index in [4.69, 9.17) is 5.14 Å². The van der Waals surface area contributed by atoms with E-state index < -0.39 is 10.0 Å². The molecule has 6 heteroatoms. The van der Waals surface area contributed by atoms with Crippen LogP contribution in [-0.2, 0) is 10.0 Å². The molecule has 1 aliphatic rings. The van der Waals surface area contributed by atoms with Crippen LogP contribution in [0.4, 0.5) is 4.39 Å². The van der Waals surface area contributed by atoms with Gasteiger partial charge in [0, 0.05) is 5.57 Å². The standard InChI is InChI=1S/C17H15FN2O2S/c1-11-8-15(12-2-5-14(6-3-12)23(19,21)22)16(9-11)17-7-4-13(18)10-20-17/h2-11H,1H3,(H2,19,21,22). The summed E-state index contributed by atoms with van der Waals surface area (Å²) in [7, 11) is -3.71. The minimum absolute atomic E-state index is 0.0679. The number of nitrogens with zero attached hydrogens (tertiary/aromatic N) is 1. The molecule has 0 fully saturated rings. The van der Waals surface area contributed by atoms with Crippen molar-refractivity contribution in [3.63, 3.8) is 0 Å². The van der Waals surface area contributed by atoms with E-state index in [1.54, 1.807) is 18.2 Å². The minimum Gasteiger partial charge on any atom is -0.253 e. The molecule has 1 aromatic heterocycles. The monoisotopic (exact) mass is 330 g/mol. The highest BCUT2D eigenvalue weighted by Crippen LogP contribution is 2.37. The van der Waals surface area contributed by atoms with Gasteiger partial charge in [-0.05, 0) is 41.3 Å². The van der Waals surface area contributed by atoms with E-state index in [-0.39, 0.29) is 16.6 Å². The Kier molecular flexibility index (Phi) is 3.87. The molecule has 2 N–H and O–H groups in total. The van der Waals surface area contributed by atoms with Crippen LogP contribution in [-0.4, -0.2) is 13.4 Å². The predicted octanol–water partition coefficient (Wildman–Crippen LogP) is 2.98. The van der Waals surface area contributed by atoms with Crippen molar-refractivity contribution in [2.75, 3.05) is 0 Å². The Balaban J connectivity index is 2.00. The van der Waals surface area contributed by atoms with Crippen molar-refractivity contribution >= 4 is 21.2 Å². The SMILES string of the molecule is CC1C=C(c2ccc(S(N)(=O)=O)cc2)C(c2ccc(F)cn2)=C1. The number of allylic oxidation sites excluding steroid dienone is 4. The molecule has 2 aromatic rings. The van der Waals surface area contributed by atoms with Crippen LogP contribution >= 0.6 is 0 Å². The minimum atomic E-state index is -3.71. The highest BCUT2D eigenvalue weighted by Gasteiger charge is 2.19. The normalized spacial score (nSPS) is 17.8. The summed E-state index contributed by atoms with van der Waals surface area (Å²) in [5, 5.41) is 5.12. The van der Waals surface area contributed by atoms with Crippen molar-refractivity contribution in [2.24, 2.45) is 11.1 Å². The molecule has 1 unspecified atom stereocenters. The molecule has 1 aliphatic carbocycles. The molecule has 0 saturated carbocycles. The molecule has 0 radical (unpaired) electrons. The summed E-state index contributed by atoms with van der Waals surface area (Å²) >= 11 is 0. The number of primary sulfonamides is 1. The maximum atomic E-state index is 13.1. The van der Waals surface area contributed by atoms with Crippen LogP contribution in [0.25, 0.3) is 11.1 Å². The molecule has 0 amide bonds. The first-order valence-electron chi connectivity index (χ1n) is 7.04. The molecule has 118 valence electrons. The second-order valence-corrected chi connectivity index (χ2v) is 7.01. The summed E-state index contributed by atoms with van der Waals surface area (Å²) in [5.41, 5.74) is 3.38. The quantitative estimate of drug-likeness (QED) is 0.940. The summed E-state index contributed by atoms with van der Waals surface area (Å²) in [4.78, 5) is 4.20. The Morgan fingerprint density at radius 1 is 1.04 bits per heavy atom. The van der Waals surface area contributed by atoms with E-state index in [2.05, 4.69) is 11.1 Å². The molecular weight excluding hydrogens is 315 g/mol. The summed E-state index contributed by atoms with van der Waals surface area (Å²) in [6, 6.07) is 9.37. The smallest absolute Gasteiger partial charge is 0.238 e. The molecule has 1 aromatic carbocycles. The lowest BCUT2D eigenvalue weighted by Crippen LogP contribution is -2.11. The molecular formula is C17H15FN2O2S. The van der Waals surface area contributed by atoms with Gasteiger partial charge in [0.2, 0.25) is 10.0 Å². The number of halogens is 1. The molecule has 0 spiro atoms. The zero-order chi connectivity index (χ0) is 16.6. The van der Waals surface area contributed by atoms with E-state index in [1.807, 2.05) is 13.0 Å².